The van der Waals surface area contributed by atoms with E-state index in [1.165, 1.54) is 24.1 Å². The van der Waals surface area contributed by atoms with E-state index in [0.29, 0.717) is 18.0 Å². The van der Waals surface area contributed by atoms with Crippen molar-refractivity contribution in [2.75, 3.05) is 27.2 Å². The zero-order chi connectivity index (χ0) is 14.7. The van der Waals surface area contributed by atoms with Gasteiger partial charge in [-0.05, 0) is 50.0 Å². The lowest BCUT2D eigenvalue weighted by molar-refractivity contribution is 0.269. The highest BCUT2D eigenvalue weighted by molar-refractivity contribution is 5.38. The number of methoxy groups -OCH3 is 1. The Kier molecular flexibility index (Phi) is 5.06. The first-order chi connectivity index (χ1) is 9.52. The van der Waals surface area contributed by atoms with Gasteiger partial charge in [-0.2, -0.15) is 0 Å². The first kappa shape index (κ1) is 15.3. The number of nitrogens with zero attached hydrogens (tertiary/aromatic N) is 1. The van der Waals surface area contributed by atoms with Crippen LogP contribution in [0.2, 0.25) is 0 Å². The van der Waals surface area contributed by atoms with Gasteiger partial charge in [-0.3, -0.25) is 4.90 Å². The molecule has 3 nitrogen and oxygen atoms in total. The van der Waals surface area contributed by atoms with Crippen LogP contribution in [-0.2, 0) is 0 Å². The van der Waals surface area contributed by atoms with E-state index in [1.54, 1.807) is 7.11 Å². The van der Waals surface area contributed by atoms with Crippen LogP contribution < -0.4 is 10.1 Å². The van der Waals surface area contributed by atoms with Crippen molar-refractivity contribution in [2.24, 2.45) is 5.92 Å². The second-order valence-electron chi connectivity index (χ2n) is 6.27. The van der Waals surface area contributed by atoms with Crippen LogP contribution in [-0.4, -0.2) is 38.2 Å². The number of ether oxygens (including phenoxy) is 1. The average molecular weight is 276 g/mol. The minimum atomic E-state index is 0.519. The van der Waals surface area contributed by atoms with Gasteiger partial charge < -0.3 is 10.1 Å². The first-order valence-corrected chi connectivity index (χ1v) is 7.61. The molecule has 1 saturated heterocycles. The van der Waals surface area contributed by atoms with E-state index in [0.717, 1.165) is 12.3 Å². The van der Waals surface area contributed by atoms with Gasteiger partial charge in [0.15, 0.2) is 0 Å². The first-order valence-electron chi connectivity index (χ1n) is 7.61. The molecule has 2 rings (SSSR count). The Morgan fingerprint density at radius 2 is 2.15 bits per heavy atom. The van der Waals surface area contributed by atoms with Crippen molar-refractivity contribution in [3.05, 3.63) is 29.3 Å². The molecular formula is C17H28N2O. The highest BCUT2D eigenvalue weighted by Crippen LogP contribution is 2.37. The highest BCUT2D eigenvalue weighted by atomic mass is 16.5. The maximum absolute atomic E-state index is 5.37. The van der Waals surface area contributed by atoms with Crippen LogP contribution in [0.5, 0.6) is 5.75 Å². The van der Waals surface area contributed by atoms with E-state index in [-0.39, 0.29) is 0 Å². The van der Waals surface area contributed by atoms with Crippen LogP contribution in [0.4, 0.5) is 0 Å². The Labute approximate surface area is 123 Å². The summed E-state index contributed by atoms with van der Waals surface area (Å²) < 4.78 is 5.37. The van der Waals surface area contributed by atoms with Gasteiger partial charge in [-0.15, -0.1) is 0 Å². The summed E-state index contributed by atoms with van der Waals surface area (Å²) >= 11 is 0. The summed E-state index contributed by atoms with van der Waals surface area (Å²) in [5.41, 5.74) is 2.64. The van der Waals surface area contributed by atoms with Gasteiger partial charge in [0.2, 0.25) is 0 Å². The summed E-state index contributed by atoms with van der Waals surface area (Å²) in [5, 5.41) is 3.59. The third kappa shape index (κ3) is 3.33. The Balaban J connectivity index is 2.17. The van der Waals surface area contributed by atoms with Gasteiger partial charge in [-0.1, -0.05) is 26.0 Å². The molecule has 1 heterocycles. The number of hydrogen-bond donors (Lipinski definition) is 1. The molecule has 2 unspecified atom stereocenters. The molecule has 1 aliphatic heterocycles. The Morgan fingerprint density at radius 1 is 1.40 bits per heavy atom. The van der Waals surface area contributed by atoms with E-state index < -0.39 is 0 Å². The summed E-state index contributed by atoms with van der Waals surface area (Å²) in [7, 11) is 3.97. The maximum atomic E-state index is 5.37. The third-order valence-corrected chi connectivity index (χ3v) is 4.32. The van der Waals surface area contributed by atoms with Crippen molar-refractivity contribution in [1.29, 1.82) is 0 Å². The van der Waals surface area contributed by atoms with Crippen LogP contribution >= 0.6 is 0 Å². The molecule has 0 amide bonds. The molecule has 20 heavy (non-hydrogen) atoms. The minimum Gasteiger partial charge on any atom is -0.496 e. The fourth-order valence-electron chi connectivity index (χ4n) is 3.24. The van der Waals surface area contributed by atoms with Crippen molar-refractivity contribution in [3.63, 3.8) is 0 Å². The Morgan fingerprint density at radius 3 is 2.75 bits per heavy atom. The predicted octanol–water partition coefficient (Wildman–Crippen LogP) is 2.99. The number of benzene rings is 1. The lowest BCUT2D eigenvalue weighted by Gasteiger charge is -2.27. The van der Waals surface area contributed by atoms with Gasteiger partial charge >= 0.3 is 0 Å². The molecule has 3 heteroatoms. The number of likely N-dealkylation sites (tertiary alicyclic amines) is 1. The van der Waals surface area contributed by atoms with Crippen LogP contribution in [0.3, 0.4) is 0 Å². The van der Waals surface area contributed by atoms with Gasteiger partial charge in [0, 0.05) is 18.6 Å². The zero-order valence-electron chi connectivity index (χ0n) is 13.4. The smallest absolute Gasteiger partial charge is 0.121 e. The molecule has 0 aromatic heterocycles. The summed E-state index contributed by atoms with van der Waals surface area (Å²) in [6.45, 7) is 8.83. The van der Waals surface area contributed by atoms with Gasteiger partial charge in [-0.25, -0.2) is 0 Å². The number of hydrogen-bond acceptors (Lipinski definition) is 3. The SMILES string of the molecule is COc1ccc(C2C(CNC(C)C)CCN2C)cc1C. The van der Waals surface area contributed by atoms with E-state index in [1.807, 2.05) is 0 Å². The van der Waals surface area contributed by atoms with Crippen molar-refractivity contribution in [3.8, 4) is 5.75 Å². The second-order valence-corrected chi connectivity index (χ2v) is 6.27. The largest absolute Gasteiger partial charge is 0.496 e. The molecule has 1 N–H and O–H groups in total. The molecule has 1 aliphatic rings. The molecule has 0 spiro atoms. The number of aryl methyl sites for hydroxylation is 1. The van der Waals surface area contributed by atoms with E-state index >= 15 is 0 Å². The number of rotatable bonds is 5. The second kappa shape index (κ2) is 6.59. The molecule has 0 radical (unpaired) electrons. The predicted molar refractivity (Wildman–Crippen MR) is 84.3 cm³/mol. The van der Waals surface area contributed by atoms with Gasteiger partial charge in [0.1, 0.15) is 5.75 Å². The molecule has 1 aromatic carbocycles. The fourth-order valence-corrected chi connectivity index (χ4v) is 3.24. The van der Waals surface area contributed by atoms with Crippen molar-refractivity contribution in [1.82, 2.24) is 10.2 Å². The summed E-state index contributed by atoms with van der Waals surface area (Å²) in [6, 6.07) is 7.68. The monoisotopic (exact) mass is 276 g/mol. The Hall–Kier alpha value is -1.06. The van der Waals surface area contributed by atoms with E-state index in [2.05, 4.69) is 56.2 Å². The summed E-state index contributed by atoms with van der Waals surface area (Å²) in [4.78, 5) is 2.48. The van der Waals surface area contributed by atoms with Crippen LogP contribution in [0.15, 0.2) is 18.2 Å². The number of nitrogens with one attached hydrogen (secondary N) is 1. The average Bonchev–Trinajstić information content (AvgIpc) is 2.77. The Bertz CT molecular complexity index is 445. The summed E-state index contributed by atoms with van der Waals surface area (Å²) in [5.74, 6) is 1.67. The standard InChI is InChI=1S/C17H28N2O/c1-12(2)18-11-15-8-9-19(4)17(15)14-6-7-16(20-5)13(3)10-14/h6-7,10,12,15,17-18H,8-9,11H2,1-5H3. The lowest BCUT2D eigenvalue weighted by Crippen LogP contribution is -2.32. The molecular weight excluding hydrogens is 248 g/mol. The van der Waals surface area contributed by atoms with Crippen LogP contribution in [0.1, 0.15) is 37.4 Å². The normalized spacial score (nSPS) is 23.5. The van der Waals surface area contributed by atoms with E-state index in [9.17, 15) is 0 Å². The van der Waals surface area contributed by atoms with Gasteiger partial charge in [0.25, 0.3) is 0 Å². The molecule has 1 aromatic rings. The highest BCUT2D eigenvalue weighted by Gasteiger charge is 2.32. The molecule has 112 valence electrons. The van der Waals surface area contributed by atoms with Gasteiger partial charge in [0.05, 0.1) is 7.11 Å². The molecule has 0 saturated carbocycles. The van der Waals surface area contributed by atoms with Crippen LogP contribution in [0, 0.1) is 12.8 Å². The van der Waals surface area contributed by atoms with Crippen molar-refractivity contribution >= 4 is 0 Å². The molecule has 0 bridgehead atoms. The molecule has 2 atom stereocenters. The maximum Gasteiger partial charge on any atom is 0.121 e. The molecule has 1 fully saturated rings. The van der Waals surface area contributed by atoms with Crippen LogP contribution in [0.25, 0.3) is 0 Å². The summed E-state index contributed by atoms with van der Waals surface area (Å²) in [6.07, 6.45) is 1.27. The van der Waals surface area contributed by atoms with Crippen molar-refractivity contribution in [2.45, 2.75) is 39.3 Å². The third-order valence-electron chi connectivity index (χ3n) is 4.32. The topological polar surface area (TPSA) is 24.5 Å². The van der Waals surface area contributed by atoms with E-state index in [4.69, 9.17) is 4.74 Å². The zero-order valence-corrected chi connectivity index (χ0v) is 13.4. The molecule has 0 aliphatic carbocycles. The fraction of sp³-hybridized carbons (Fsp3) is 0.647. The lowest BCUT2D eigenvalue weighted by atomic mass is 9.92. The quantitative estimate of drug-likeness (QED) is 0.895. The van der Waals surface area contributed by atoms with Crippen molar-refractivity contribution < 1.29 is 4.74 Å². The minimum absolute atomic E-state index is 0.519.